The van der Waals surface area contributed by atoms with Crippen LogP contribution >= 0.6 is 11.6 Å². The van der Waals surface area contributed by atoms with Gasteiger partial charge in [0, 0.05) is 29.6 Å². The van der Waals surface area contributed by atoms with E-state index in [9.17, 15) is 17.6 Å². The van der Waals surface area contributed by atoms with E-state index >= 15 is 0 Å². The summed E-state index contributed by atoms with van der Waals surface area (Å²) in [5, 5.41) is 10.6. The Morgan fingerprint density at radius 1 is 1.13 bits per heavy atom. The molecule has 1 aliphatic heterocycles. The molecule has 0 radical (unpaired) electrons. The van der Waals surface area contributed by atoms with Crippen molar-refractivity contribution < 1.29 is 22.0 Å². The summed E-state index contributed by atoms with van der Waals surface area (Å²) in [7, 11) is -3.65. The summed E-state index contributed by atoms with van der Waals surface area (Å²) in [6, 6.07) is 11.5. The van der Waals surface area contributed by atoms with Crippen LogP contribution in [0.4, 0.5) is 10.4 Å². The fraction of sp³-hybridized carbons (Fsp3) is 0.250. The number of anilines is 1. The summed E-state index contributed by atoms with van der Waals surface area (Å²) in [6.45, 7) is 0.419. The summed E-state index contributed by atoms with van der Waals surface area (Å²) in [5.41, 5.74) is 0.397. The van der Waals surface area contributed by atoms with Crippen molar-refractivity contribution >= 4 is 33.5 Å². The first-order valence-corrected chi connectivity index (χ1v) is 11.3. The second-order valence-electron chi connectivity index (χ2n) is 7.04. The van der Waals surface area contributed by atoms with Gasteiger partial charge in [0.1, 0.15) is 5.82 Å². The molecule has 8 nitrogen and oxygen atoms in total. The third kappa shape index (κ3) is 4.76. The number of aromatic nitrogens is 2. The van der Waals surface area contributed by atoms with Crippen LogP contribution in [0.5, 0.6) is 0 Å². The van der Waals surface area contributed by atoms with E-state index in [2.05, 4.69) is 15.5 Å². The van der Waals surface area contributed by atoms with E-state index in [4.69, 9.17) is 16.0 Å². The smallest absolute Gasteiger partial charge is 0.322 e. The molecule has 162 valence electrons. The fourth-order valence-corrected chi connectivity index (χ4v) is 4.93. The summed E-state index contributed by atoms with van der Waals surface area (Å²) in [4.78, 5) is 12.7. The van der Waals surface area contributed by atoms with Crippen LogP contribution in [-0.4, -0.2) is 41.9 Å². The Kier molecular flexibility index (Phi) is 6.03. The van der Waals surface area contributed by atoms with Gasteiger partial charge in [0.05, 0.1) is 4.90 Å². The number of carbonyl (C=O) groups excluding carboxylic acids is 1. The third-order valence-corrected chi connectivity index (χ3v) is 7.17. The highest BCUT2D eigenvalue weighted by Gasteiger charge is 2.32. The number of nitrogens with one attached hydrogen (secondary N) is 1. The topological polar surface area (TPSA) is 105 Å². The molecule has 0 spiro atoms. The summed E-state index contributed by atoms with van der Waals surface area (Å²) >= 11 is 5.82. The monoisotopic (exact) mass is 464 g/mol. The SMILES string of the molecule is O=C(Nc1nnc(-c2cccc(F)c2)o1)C1CCN(S(=O)(=O)c2ccc(Cl)cc2)CC1. The van der Waals surface area contributed by atoms with Gasteiger partial charge in [0.2, 0.25) is 21.8 Å². The number of rotatable bonds is 5. The first-order chi connectivity index (χ1) is 14.8. The van der Waals surface area contributed by atoms with Gasteiger partial charge >= 0.3 is 6.01 Å². The highest BCUT2D eigenvalue weighted by Crippen LogP contribution is 2.26. The highest BCUT2D eigenvalue weighted by atomic mass is 35.5. The molecule has 2 heterocycles. The number of amides is 1. The molecule has 1 aromatic heterocycles. The minimum atomic E-state index is -3.65. The zero-order valence-electron chi connectivity index (χ0n) is 16.2. The molecule has 2 aromatic carbocycles. The molecular weight excluding hydrogens is 447 g/mol. The maximum absolute atomic E-state index is 13.3. The normalized spacial score (nSPS) is 15.7. The standard InChI is InChI=1S/C20H18ClFN4O4S/c21-15-4-6-17(7-5-15)31(28,29)26-10-8-13(9-11-26)18(27)23-20-25-24-19(30-20)14-2-1-3-16(22)12-14/h1-7,12-13H,8-11H2,(H,23,25,27). The highest BCUT2D eigenvalue weighted by molar-refractivity contribution is 7.89. The van der Waals surface area contributed by atoms with E-state index in [0.29, 0.717) is 23.4 Å². The lowest BCUT2D eigenvalue weighted by Gasteiger charge is -2.30. The van der Waals surface area contributed by atoms with Gasteiger partial charge in [0.15, 0.2) is 0 Å². The van der Waals surface area contributed by atoms with E-state index in [0.717, 1.165) is 0 Å². The van der Waals surface area contributed by atoms with Crippen molar-refractivity contribution in [3.63, 3.8) is 0 Å². The molecule has 1 aliphatic rings. The Balaban J connectivity index is 1.36. The van der Waals surface area contributed by atoms with Crippen LogP contribution < -0.4 is 5.32 Å². The molecule has 0 saturated carbocycles. The Bertz CT molecular complexity index is 1190. The Morgan fingerprint density at radius 2 is 1.84 bits per heavy atom. The number of hydrogen-bond donors (Lipinski definition) is 1. The van der Waals surface area contributed by atoms with Gasteiger partial charge in [-0.1, -0.05) is 22.8 Å². The summed E-state index contributed by atoms with van der Waals surface area (Å²) in [5.74, 6) is -1.10. The lowest BCUT2D eigenvalue weighted by molar-refractivity contribution is -0.121. The predicted octanol–water partition coefficient (Wildman–Crippen LogP) is 3.57. The number of halogens is 2. The average Bonchev–Trinajstić information content (AvgIpc) is 3.23. The van der Waals surface area contributed by atoms with E-state index in [-0.39, 0.29) is 35.8 Å². The van der Waals surface area contributed by atoms with Crippen LogP contribution in [0.25, 0.3) is 11.5 Å². The molecule has 0 unspecified atom stereocenters. The summed E-state index contributed by atoms with van der Waals surface area (Å²) in [6.07, 6.45) is 0.701. The molecule has 1 amide bonds. The van der Waals surface area contributed by atoms with E-state index in [1.807, 2.05) is 0 Å². The van der Waals surface area contributed by atoms with Crippen molar-refractivity contribution in [3.8, 4) is 11.5 Å². The van der Waals surface area contributed by atoms with Crippen LogP contribution in [0.1, 0.15) is 12.8 Å². The van der Waals surface area contributed by atoms with E-state index < -0.39 is 21.8 Å². The van der Waals surface area contributed by atoms with E-state index in [1.54, 1.807) is 6.07 Å². The minimum absolute atomic E-state index is 0.0821. The number of hydrogen-bond acceptors (Lipinski definition) is 6. The molecular formula is C20H18ClFN4O4S. The van der Waals surface area contributed by atoms with Gasteiger partial charge in [-0.3, -0.25) is 10.1 Å². The molecule has 31 heavy (non-hydrogen) atoms. The zero-order chi connectivity index (χ0) is 22.0. The van der Waals surface area contributed by atoms with Crippen molar-refractivity contribution in [1.82, 2.24) is 14.5 Å². The first kappa shape index (κ1) is 21.4. The summed E-state index contributed by atoms with van der Waals surface area (Å²) < 4.78 is 45.6. The predicted molar refractivity (Wildman–Crippen MR) is 111 cm³/mol. The maximum atomic E-state index is 13.3. The number of sulfonamides is 1. The van der Waals surface area contributed by atoms with Crippen molar-refractivity contribution in [2.75, 3.05) is 18.4 Å². The van der Waals surface area contributed by atoms with Crippen LogP contribution in [0, 0.1) is 11.7 Å². The van der Waals surface area contributed by atoms with Crippen LogP contribution in [0.3, 0.4) is 0 Å². The van der Waals surface area contributed by atoms with Crippen LogP contribution in [-0.2, 0) is 14.8 Å². The fourth-order valence-electron chi connectivity index (χ4n) is 3.33. The minimum Gasteiger partial charge on any atom is -0.403 e. The van der Waals surface area contributed by atoms with E-state index in [1.165, 1.54) is 46.8 Å². The second-order valence-corrected chi connectivity index (χ2v) is 9.42. The number of carbonyl (C=O) groups is 1. The molecule has 1 N–H and O–H groups in total. The third-order valence-electron chi connectivity index (χ3n) is 5.00. The molecule has 1 saturated heterocycles. The Morgan fingerprint density at radius 3 is 2.52 bits per heavy atom. The molecule has 11 heteroatoms. The first-order valence-electron chi connectivity index (χ1n) is 9.49. The van der Waals surface area contributed by atoms with Crippen molar-refractivity contribution in [2.45, 2.75) is 17.7 Å². The molecule has 0 aliphatic carbocycles. The van der Waals surface area contributed by atoms with Gasteiger partial charge in [-0.15, -0.1) is 5.10 Å². The lowest BCUT2D eigenvalue weighted by Crippen LogP contribution is -2.41. The zero-order valence-corrected chi connectivity index (χ0v) is 17.7. The maximum Gasteiger partial charge on any atom is 0.322 e. The van der Waals surface area contributed by atoms with Gasteiger partial charge < -0.3 is 4.42 Å². The molecule has 1 fully saturated rings. The molecule has 3 aromatic rings. The van der Waals surface area contributed by atoms with Crippen LogP contribution in [0.15, 0.2) is 57.8 Å². The molecule has 4 rings (SSSR count). The number of benzene rings is 2. The Hall–Kier alpha value is -2.82. The second kappa shape index (κ2) is 8.74. The lowest BCUT2D eigenvalue weighted by atomic mass is 9.97. The van der Waals surface area contributed by atoms with Gasteiger partial charge in [-0.25, -0.2) is 12.8 Å². The quantitative estimate of drug-likeness (QED) is 0.618. The number of piperidine rings is 1. The van der Waals surface area contributed by atoms with Gasteiger partial charge in [-0.2, -0.15) is 4.31 Å². The molecule has 0 atom stereocenters. The van der Waals surface area contributed by atoms with Crippen LogP contribution in [0.2, 0.25) is 5.02 Å². The van der Waals surface area contributed by atoms with Crippen molar-refractivity contribution in [3.05, 3.63) is 59.4 Å². The largest absolute Gasteiger partial charge is 0.403 e. The number of nitrogens with zero attached hydrogens (tertiary/aromatic N) is 3. The molecule has 0 bridgehead atoms. The van der Waals surface area contributed by atoms with Gasteiger partial charge in [-0.05, 0) is 55.3 Å². The van der Waals surface area contributed by atoms with Crippen molar-refractivity contribution in [2.24, 2.45) is 5.92 Å². The Labute approximate surface area is 183 Å². The van der Waals surface area contributed by atoms with Crippen molar-refractivity contribution in [1.29, 1.82) is 0 Å². The average molecular weight is 465 g/mol. The van der Waals surface area contributed by atoms with Gasteiger partial charge in [0.25, 0.3) is 0 Å².